The lowest BCUT2D eigenvalue weighted by molar-refractivity contribution is -0.123. The highest BCUT2D eigenvalue weighted by atomic mass is 16.7. The summed E-state index contributed by atoms with van der Waals surface area (Å²) in [4.78, 5) is 24.6. The molecule has 1 heterocycles. The van der Waals surface area contributed by atoms with E-state index in [1.807, 2.05) is 19.9 Å². The van der Waals surface area contributed by atoms with Crippen LogP contribution in [0, 0.1) is 13.8 Å². The summed E-state index contributed by atoms with van der Waals surface area (Å²) in [5, 5.41) is 2.70. The van der Waals surface area contributed by atoms with Crippen LogP contribution in [-0.4, -0.2) is 24.8 Å². The molecule has 1 N–H and O–H groups in total. The third-order valence-corrected chi connectivity index (χ3v) is 4.12. The number of anilines is 1. The molecule has 6 heteroatoms. The van der Waals surface area contributed by atoms with Gasteiger partial charge in [-0.15, -0.1) is 0 Å². The Labute approximate surface area is 145 Å². The molecule has 0 saturated heterocycles. The van der Waals surface area contributed by atoms with Crippen LogP contribution in [0.25, 0.3) is 0 Å². The maximum atomic E-state index is 12.3. The first-order chi connectivity index (χ1) is 12.0. The van der Waals surface area contributed by atoms with E-state index in [1.54, 1.807) is 30.3 Å². The zero-order valence-corrected chi connectivity index (χ0v) is 14.3. The highest BCUT2D eigenvalue weighted by Crippen LogP contribution is 2.34. The molecule has 1 aliphatic rings. The predicted molar refractivity (Wildman–Crippen MR) is 92.0 cm³/mol. The Kier molecular flexibility index (Phi) is 4.61. The molecule has 1 amide bonds. The average molecular weight is 341 g/mol. The second-order valence-electron chi connectivity index (χ2n) is 5.85. The first-order valence-corrected chi connectivity index (χ1v) is 7.93. The zero-order chi connectivity index (χ0) is 18.0. The summed E-state index contributed by atoms with van der Waals surface area (Å²) in [5.74, 6) is 0.261. The molecule has 130 valence electrons. The largest absolute Gasteiger partial charge is 0.454 e. The van der Waals surface area contributed by atoms with Crippen LogP contribution in [-0.2, 0) is 9.53 Å². The van der Waals surface area contributed by atoms with Crippen LogP contribution in [0.1, 0.15) is 28.4 Å². The lowest BCUT2D eigenvalue weighted by Crippen LogP contribution is -2.30. The summed E-state index contributed by atoms with van der Waals surface area (Å²) >= 11 is 0. The lowest BCUT2D eigenvalue weighted by atomic mass is 10.0. The molecule has 1 aliphatic heterocycles. The van der Waals surface area contributed by atoms with Crippen molar-refractivity contribution in [2.45, 2.75) is 26.9 Å². The van der Waals surface area contributed by atoms with Gasteiger partial charge in [0.2, 0.25) is 6.79 Å². The average Bonchev–Trinajstić information content (AvgIpc) is 3.04. The summed E-state index contributed by atoms with van der Waals surface area (Å²) in [6.07, 6.45) is -0.933. The minimum absolute atomic E-state index is 0.163. The maximum Gasteiger partial charge on any atom is 0.339 e. The van der Waals surface area contributed by atoms with Crippen molar-refractivity contribution in [3.05, 3.63) is 53.1 Å². The van der Waals surface area contributed by atoms with E-state index in [0.29, 0.717) is 22.7 Å². The SMILES string of the molecule is Cc1cccc(C(=O)O[C@H](C)C(=O)Nc2ccc3c(c2)OCO3)c1C. The number of ether oxygens (including phenoxy) is 3. The van der Waals surface area contributed by atoms with Crippen LogP contribution >= 0.6 is 0 Å². The summed E-state index contributed by atoms with van der Waals surface area (Å²) in [5.41, 5.74) is 2.84. The summed E-state index contributed by atoms with van der Waals surface area (Å²) in [6.45, 7) is 5.47. The first-order valence-electron chi connectivity index (χ1n) is 7.93. The van der Waals surface area contributed by atoms with Crippen molar-refractivity contribution in [2.75, 3.05) is 12.1 Å². The van der Waals surface area contributed by atoms with E-state index in [1.165, 1.54) is 6.92 Å². The molecule has 0 aliphatic carbocycles. The molecule has 0 radical (unpaired) electrons. The fourth-order valence-electron chi connectivity index (χ4n) is 2.47. The monoisotopic (exact) mass is 341 g/mol. The number of carbonyl (C=O) groups excluding carboxylic acids is 2. The van der Waals surface area contributed by atoms with Gasteiger partial charge in [0.1, 0.15) is 0 Å². The van der Waals surface area contributed by atoms with Gasteiger partial charge in [0.05, 0.1) is 5.56 Å². The van der Waals surface area contributed by atoms with Crippen LogP contribution in [0.15, 0.2) is 36.4 Å². The molecule has 2 aromatic rings. The topological polar surface area (TPSA) is 73.9 Å². The number of fused-ring (bicyclic) bond motifs is 1. The number of amides is 1. The fourth-order valence-corrected chi connectivity index (χ4v) is 2.47. The second kappa shape index (κ2) is 6.84. The smallest absolute Gasteiger partial charge is 0.339 e. The minimum atomic E-state index is -0.933. The van der Waals surface area contributed by atoms with Crippen molar-refractivity contribution in [1.29, 1.82) is 0 Å². The highest BCUT2D eigenvalue weighted by Gasteiger charge is 2.21. The van der Waals surface area contributed by atoms with E-state index in [4.69, 9.17) is 14.2 Å². The molecule has 0 unspecified atom stereocenters. The predicted octanol–water partition coefficient (Wildman–Crippen LogP) is 3.22. The number of rotatable bonds is 4. The van der Waals surface area contributed by atoms with Crippen molar-refractivity contribution in [2.24, 2.45) is 0 Å². The van der Waals surface area contributed by atoms with E-state index in [-0.39, 0.29) is 6.79 Å². The summed E-state index contributed by atoms with van der Waals surface area (Å²) in [6, 6.07) is 10.5. The number of nitrogens with one attached hydrogen (secondary N) is 1. The standard InChI is InChI=1S/C19H19NO5/c1-11-5-4-6-15(12(11)2)19(22)25-13(3)18(21)20-14-7-8-16-17(9-14)24-10-23-16/h4-9,13H,10H2,1-3H3,(H,20,21)/t13-/m1/s1. The fraction of sp³-hybridized carbons (Fsp3) is 0.263. The van der Waals surface area contributed by atoms with Gasteiger partial charge in [0.25, 0.3) is 5.91 Å². The molecular weight excluding hydrogens is 322 g/mol. The van der Waals surface area contributed by atoms with Gasteiger partial charge < -0.3 is 19.5 Å². The van der Waals surface area contributed by atoms with Crippen LogP contribution in [0.4, 0.5) is 5.69 Å². The van der Waals surface area contributed by atoms with Gasteiger partial charge in [0.15, 0.2) is 17.6 Å². The number of hydrogen-bond donors (Lipinski definition) is 1. The van der Waals surface area contributed by atoms with Crippen molar-refractivity contribution in [3.8, 4) is 11.5 Å². The van der Waals surface area contributed by atoms with E-state index in [9.17, 15) is 9.59 Å². The second-order valence-corrected chi connectivity index (χ2v) is 5.85. The molecule has 0 spiro atoms. The Bertz CT molecular complexity index is 831. The van der Waals surface area contributed by atoms with Crippen molar-refractivity contribution < 1.29 is 23.8 Å². The molecule has 0 bridgehead atoms. The zero-order valence-electron chi connectivity index (χ0n) is 14.3. The molecule has 6 nitrogen and oxygen atoms in total. The van der Waals surface area contributed by atoms with Crippen LogP contribution in [0.3, 0.4) is 0 Å². The number of aryl methyl sites for hydroxylation is 1. The molecule has 25 heavy (non-hydrogen) atoms. The Morgan fingerprint density at radius 2 is 1.88 bits per heavy atom. The van der Waals surface area contributed by atoms with Gasteiger partial charge in [-0.3, -0.25) is 4.79 Å². The molecule has 0 aromatic heterocycles. The quantitative estimate of drug-likeness (QED) is 0.865. The first kappa shape index (κ1) is 16.8. The van der Waals surface area contributed by atoms with E-state index in [0.717, 1.165) is 11.1 Å². The number of benzene rings is 2. The van der Waals surface area contributed by atoms with Crippen molar-refractivity contribution >= 4 is 17.6 Å². The maximum absolute atomic E-state index is 12.3. The van der Waals surface area contributed by atoms with Crippen molar-refractivity contribution in [1.82, 2.24) is 0 Å². The van der Waals surface area contributed by atoms with Gasteiger partial charge in [0, 0.05) is 11.8 Å². The Morgan fingerprint density at radius 3 is 2.68 bits per heavy atom. The molecule has 3 rings (SSSR count). The Balaban J connectivity index is 1.64. The molecular formula is C19H19NO5. The number of hydrogen-bond acceptors (Lipinski definition) is 5. The minimum Gasteiger partial charge on any atom is -0.454 e. The Morgan fingerprint density at radius 1 is 1.12 bits per heavy atom. The third kappa shape index (κ3) is 3.57. The number of esters is 1. The lowest BCUT2D eigenvalue weighted by Gasteiger charge is -2.15. The summed E-state index contributed by atoms with van der Waals surface area (Å²) < 4.78 is 15.8. The highest BCUT2D eigenvalue weighted by molar-refractivity contribution is 5.98. The molecule has 0 fully saturated rings. The van der Waals surface area contributed by atoms with Gasteiger partial charge in [-0.05, 0) is 50.1 Å². The molecule has 2 aromatic carbocycles. The van der Waals surface area contributed by atoms with E-state index in [2.05, 4.69) is 5.32 Å². The van der Waals surface area contributed by atoms with E-state index < -0.39 is 18.0 Å². The molecule has 1 atom stereocenters. The number of carbonyl (C=O) groups is 2. The molecule has 0 saturated carbocycles. The van der Waals surface area contributed by atoms with Crippen LogP contribution in [0.5, 0.6) is 11.5 Å². The Hall–Kier alpha value is -3.02. The third-order valence-electron chi connectivity index (χ3n) is 4.12. The van der Waals surface area contributed by atoms with E-state index >= 15 is 0 Å². The van der Waals surface area contributed by atoms with Gasteiger partial charge in [-0.2, -0.15) is 0 Å². The van der Waals surface area contributed by atoms with Gasteiger partial charge in [-0.1, -0.05) is 12.1 Å². The normalized spacial score (nSPS) is 13.2. The summed E-state index contributed by atoms with van der Waals surface area (Å²) in [7, 11) is 0. The van der Waals surface area contributed by atoms with Gasteiger partial charge in [-0.25, -0.2) is 4.79 Å². The van der Waals surface area contributed by atoms with Crippen LogP contribution in [0.2, 0.25) is 0 Å². The van der Waals surface area contributed by atoms with Crippen molar-refractivity contribution in [3.63, 3.8) is 0 Å². The van der Waals surface area contributed by atoms with Gasteiger partial charge >= 0.3 is 5.97 Å². The van der Waals surface area contributed by atoms with Crippen LogP contribution < -0.4 is 14.8 Å².